The van der Waals surface area contributed by atoms with Gasteiger partial charge in [0.2, 0.25) is 10.0 Å². The van der Waals surface area contributed by atoms with Crippen LogP contribution in [0.25, 0.3) is 11.0 Å². The molecule has 0 bridgehead atoms. The number of sulfonamides is 1. The molecule has 1 N–H and O–H groups in total. The number of benzene rings is 1. The average molecular weight is 295 g/mol. The lowest BCUT2D eigenvalue weighted by Gasteiger charge is -2.30. The third-order valence-corrected chi connectivity index (χ3v) is 5.25. The second-order valence-electron chi connectivity index (χ2n) is 5.09. The van der Waals surface area contributed by atoms with E-state index in [0.717, 1.165) is 5.39 Å². The summed E-state index contributed by atoms with van der Waals surface area (Å²) >= 11 is 0. The Morgan fingerprint density at radius 2 is 2.25 bits per heavy atom. The van der Waals surface area contributed by atoms with E-state index in [9.17, 15) is 8.42 Å². The molecule has 1 fully saturated rings. The number of hydrogen-bond donors (Lipinski definition) is 1. The predicted molar refractivity (Wildman–Crippen MR) is 75.7 cm³/mol. The minimum atomic E-state index is -3.36. The summed E-state index contributed by atoms with van der Waals surface area (Å²) in [4.78, 5) is 0. The molecule has 0 amide bonds. The van der Waals surface area contributed by atoms with Crippen molar-refractivity contribution in [2.75, 3.05) is 19.6 Å². The minimum absolute atomic E-state index is 0.114. The molecule has 6 nitrogen and oxygen atoms in total. The second-order valence-corrected chi connectivity index (χ2v) is 7.06. The van der Waals surface area contributed by atoms with Crippen LogP contribution in [0.3, 0.4) is 0 Å². The molecule has 1 aromatic carbocycles. The van der Waals surface area contributed by atoms with Crippen molar-refractivity contribution in [3.8, 4) is 0 Å². The van der Waals surface area contributed by atoms with Crippen LogP contribution in [0.5, 0.6) is 0 Å². The van der Waals surface area contributed by atoms with E-state index in [1.807, 2.05) is 25.1 Å². The number of nitrogens with one attached hydrogen (secondary N) is 1. The molecule has 20 heavy (non-hydrogen) atoms. The van der Waals surface area contributed by atoms with Crippen LogP contribution in [0.4, 0.5) is 0 Å². The lowest BCUT2D eigenvalue weighted by molar-refractivity contribution is 0.309. The Labute approximate surface area is 117 Å². The molecular weight excluding hydrogens is 278 g/mol. The van der Waals surface area contributed by atoms with Gasteiger partial charge in [-0.05, 0) is 19.1 Å². The van der Waals surface area contributed by atoms with E-state index in [-0.39, 0.29) is 11.8 Å². The Morgan fingerprint density at radius 3 is 3.05 bits per heavy atom. The van der Waals surface area contributed by atoms with Gasteiger partial charge in [-0.15, -0.1) is 0 Å². The maximum absolute atomic E-state index is 12.5. The summed E-state index contributed by atoms with van der Waals surface area (Å²) in [6.07, 6.45) is 0. The Bertz CT molecular complexity index is 710. The number of rotatable bonds is 3. The first-order valence-corrected chi connectivity index (χ1v) is 8.22. The molecule has 2 heterocycles. The highest BCUT2D eigenvalue weighted by Gasteiger charge is 2.28. The molecule has 0 unspecified atom stereocenters. The Kier molecular flexibility index (Phi) is 3.49. The van der Waals surface area contributed by atoms with Crippen LogP contribution < -0.4 is 5.32 Å². The van der Waals surface area contributed by atoms with Crippen LogP contribution in [0.1, 0.15) is 12.6 Å². The molecule has 1 aliphatic rings. The van der Waals surface area contributed by atoms with Gasteiger partial charge in [0.25, 0.3) is 0 Å². The lowest BCUT2D eigenvalue weighted by atomic mass is 10.2. The maximum atomic E-state index is 12.5. The van der Waals surface area contributed by atoms with E-state index in [1.165, 1.54) is 4.31 Å². The highest BCUT2D eigenvalue weighted by molar-refractivity contribution is 7.88. The van der Waals surface area contributed by atoms with E-state index < -0.39 is 10.0 Å². The van der Waals surface area contributed by atoms with Crippen LogP contribution in [0, 0.1) is 0 Å². The molecule has 0 saturated carbocycles. The van der Waals surface area contributed by atoms with Crippen molar-refractivity contribution in [2.24, 2.45) is 0 Å². The van der Waals surface area contributed by atoms with Crippen LogP contribution in [0.2, 0.25) is 0 Å². The minimum Gasteiger partial charge on any atom is -0.356 e. The zero-order chi connectivity index (χ0) is 14.2. The third kappa shape index (κ3) is 2.56. The van der Waals surface area contributed by atoms with Gasteiger partial charge in [0.1, 0.15) is 11.4 Å². The number of hydrogen-bond acceptors (Lipinski definition) is 5. The average Bonchev–Trinajstić information content (AvgIpc) is 2.82. The van der Waals surface area contributed by atoms with Gasteiger partial charge < -0.3 is 9.84 Å². The van der Waals surface area contributed by atoms with Crippen LogP contribution in [-0.2, 0) is 15.8 Å². The highest BCUT2D eigenvalue weighted by Crippen LogP contribution is 2.21. The normalized spacial score (nSPS) is 21.4. The molecule has 0 radical (unpaired) electrons. The molecule has 3 rings (SSSR count). The topological polar surface area (TPSA) is 75.4 Å². The molecule has 108 valence electrons. The van der Waals surface area contributed by atoms with Gasteiger partial charge >= 0.3 is 0 Å². The fourth-order valence-electron chi connectivity index (χ4n) is 2.46. The summed E-state index contributed by atoms with van der Waals surface area (Å²) in [6, 6.07) is 7.47. The summed E-state index contributed by atoms with van der Waals surface area (Å²) < 4.78 is 31.6. The molecule has 0 aliphatic carbocycles. The molecule has 1 aromatic heterocycles. The predicted octanol–water partition coefficient (Wildman–Crippen LogP) is 0.951. The van der Waals surface area contributed by atoms with Crippen molar-refractivity contribution in [3.05, 3.63) is 30.0 Å². The molecule has 1 aliphatic heterocycles. The van der Waals surface area contributed by atoms with Crippen molar-refractivity contribution >= 4 is 21.0 Å². The lowest BCUT2D eigenvalue weighted by Crippen LogP contribution is -2.51. The number of aromatic nitrogens is 1. The Morgan fingerprint density at radius 1 is 1.45 bits per heavy atom. The van der Waals surface area contributed by atoms with E-state index in [0.29, 0.717) is 30.9 Å². The number of nitrogens with zero attached hydrogens (tertiary/aromatic N) is 2. The van der Waals surface area contributed by atoms with E-state index in [1.54, 1.807) is 6.07 Å². The molecule has 1 saturated heterocycles. The van der Waals surface area contributed by atoms with Crippen molar-refractivity contribution in [1.29, 1.82) is 0 Å². The van der Waals surface area contributed by atoms with Gasteiger partial charge in [-0.2, -0.15) is 4.31 Å². The third-order valence-electron chi connectivity index (χ3n) is 3.50. The van der Waals surface area contributed by atoms with Gasteiger partial charge in [-0.1, -0.05) is 17.3 Å². The first kappa shape index (κ1) is 13.5. The van der Waals surface area contributed by atoms with Crippen molar-refractivity contribution < 1.29 is 12.9 Å². The van der Waals surface area contributed by atoms with Gasteiger partial charge in [0.05, 0.1) is 0 Å². The number of para-hydroxylation sites is 1. The Balaban J connectivity index is 1.86. The molecule has 1 atom stereocenters. The monoisotopic (exact) mass is 295 g/mol. The molecule has 2 aromatic rings. The summed E-state index contributed by atoms with van der Waals surface area (Å²) in [5, 5.41) is 7.89. The summed E-state index contributed by atoms with van der Waals surface area (Å²) in [7, 11) is -3.36. The zero-order valence-electron chi connectivity index (χ0n) is 11.2. The van der Waals surface area contributed by atoms with Crippen LogP contribution in [0.15, 0.2) is 28.8 Å². The molecular formula is C13H17N3O3S. The Hall–Kier alpha value is -1.44. The first-order valence-electron chi connectivity index (χ1n) is 6.61. The standard InChI is InChI=1S/C13H17N3O3S/c1-10-8-16(7-6-14-10)20(17,18)9-12-11-4-2-3-5-13(11)19-15-12/h2-5,10,14H,6-9H2,1H3/t10-/m0/s1. The van der Waals surface area contributed by atoms with E-state index in [4.69, 9.17) is 4.52 Å². The van der Waals surface area contributed by atoms with Gasteiger partial charge in [-0.25, -0.2) is 8.42 Å². The molecule has 7 heteroatoms. The van der Waals surface area contributed by atoms with Crippen molar-refractivity contribution in [2.45, 2.75) is 18.7 Å². The summed E-state index contributed by atoms with van der Waals surface area (Å²) in [5.41, 5.74) is 1.10. The maximum Gasteiger partial charge on any atom is 0.220 e. The number of fused-ring (bicyclic) bond motifs is 1. The fourth-order valence-corrected chi connectivity index (χ4v) is 4.01. The smallest absolute Gasteiger partial charge is 0.220 e. The quantitative estimate of drug-likeness (QED) is 0.912. The summed E-state index contributed by atoms with van der Waals surface area (Å²) in [6.45, 7) is 3.66. The first-order chi connectivity index (χ1) is 9.56. The van der Waals surface area contributed by atoms with E-state index >= 15 is 0 Å². The van der Waals surface area contributed by atoms with Crippen LogP contribution in [-0.4, -0.2) is 43.6 Å². The van der Waals surface area contributed by atoms with Gasteiger partial charge in [0.15, 0.2) is 5.58 Å². The summed E-state index contributed by atoms with van der Waals surface area (Å²) in [5.74, 6) is -0.114. The van der Waals surface area contributed by atoms with Gasteiger partial charge in [0, 0.05) is 31.1 Å². The fraction of sp³-hybridized carbons (Fsp3) is 0.462. The van der Waals surface area contributed by atoms with Crippen molar-refractivity contribution in [3.63, 3.8) is 0 Å². The SMILES string of the molecule is C[C@H]1CN(S(=O)(=O)Cc2noc3ccccc23)CCN1. The number of piperazine rings is 1. The second kappa shape index (κ2) is 5.16. The largest absolute Gasteiger partial charge is 0.356 e. The van der Waals surface area contributed by atoms with Crippen molar-refractivity contribution in [1.82, 2.24) is 14.8 Å². The highest BCUT2D eigenvalue weighted by atomic mass is 32.2. The van der Waals surface area contributed by atoms with Gasteiger partial charge in [-0.3, -0.25) is 0 Å². The zero-order valence-corrected chi connectivity index (χ0v) is 12.1. The van der Waals surface area contributed by atoms with E-state index in [2.05, 4.69) is 10.5 Å². The molecule has 0 spiro atoms. The van der Waals surface area contributed by atoms with Crippen LogP contribution >= 0.6 is 0 Å².